The highest BCUT2D eigenvalue weighted by Gasteiger charge is 2.24. The van der Waals surface area contributed by atoms with Gasteiger partial charge in [-0.1, -0.05) is 110 Å². The number of benzene rings is 4. The molecule has 0 spiro atoms. The summed E-state index contributed by atoms with van der Waals surface area (Å²) in [5.41, 5.74) is 4.57. The van der Waals surface area contributed by atoms with Gasteiger partial charge in [0.05, 0.1) is 6.42 Å². The number of nitrogens with zero attached hydrogens (tertiary/aromatic N) is 2. The highest BCUT2D eigenvalue weighted by molar-refractivity contribution is 6.06. The molecule has 0 atom stereocenters. The summed E-state index contributed by atoms with van der Waals surface area (Å²) in [6.07, 6.45) is 3.20. The molecule has 0 fully saturated rings. The topological polar surface area (TPSA) is 77.9 Å². The molecule has 0 aliphatic carbocycles. The predicted molar refractivity (Wildman–Crippen MR) is 171 cm³/mol. The molecule has 4 aromatic rings. The van der Waals surface area contributed by atoms with Gasteiger partial charge >= 0.3 is 5.97 Å². The molecule has 2 amide bonds. The van der Waals surface area contributed by atoms with Crippen LogP contribution in [0.15, 0.2) is 109 Å². The van der Waals surface area contributed by atoms with E-state index >= 15 is 0 Å². The Labute approximate surface area is 254 Å². The summed E-state index contributed by atoms with van der Waals surface area (Å²) in [7, 11) is 0. The Morgan fingerprint density at radius 2 is 1.07 bits per heavy atom. The van der Waals surface area contributed by atoms with Crippen LogP contribution in [0.2, 0.25) is 0 Å². The van der Waals surface area contributed by atoms with Crippen LogP contribution in [0.3, 0.4) is 0 Å². The van der Waals surface area contributed by atoms with Crippen LogP contribution < -0.4 is 0 Å². The van der Waals surface area contributed by atoms with Gasteiger partial charge in [0.2, 0.25) is 0 Å². The molecule has 43 heavy (non-hydrogen) atoms. The number of hydrogen-bond acceptors (Lipinski definition) is 3. The van der Waals surface area contributed by atoms with Crippen molar-refractivity contribution in [2.45, 2.75) is 45.6 Å². The summed E-state index contributed by atoms with van der Waals surface area (Å²) >= 11 is 0. The molecule has 1 N–H and O–H groups in total. The summed E-state index contributed by atoms with van der Waals surface area (Å²) < 4.78 is 0. The first-order chi connectivity index (χ1) is 21.0. The van der Waals surface area contributed by atoms with Crippen LogP contribution in [0.4, 0.5) is 0 Å². The number of rotatable bonds is 15. The van der Waals surface area contributed by atoms with E-state index in [0.29, 0.717) is 48.3 Å². The van der Waals surface area contributed by atoms with E-state index in [1.165, 1.54) is 5.56 Å². The van der Waals surface area contributed by atoms with Crippen molar-refractivity contribution in [3.8, 4) is 11.1 Å². The Morgan fingerprint density at radius 1 is 0.581 bits per heavy atom. The molecular weight excluding hydrogens is 536 g/mol. The fourth-order valence-electron chi connectivity index (χ4n) is 5.22. The van der Waals surface area contributed by atoms with Gasteiger partial charge in [0.15, 0.2) is 0 Å². The zero-order valence-electron chi connectivity index (χ0n) is 24.8. The second kappa shape index (κ2) is 16.1. The summed E-state index contributed by atoms with van der Waals surface area (Å²) in [6.45, 7) is 3.77. The number of carbonyl (C=O) groups excluding carboxylic acids is 2. The standard InChI is InChI=1S/C37H40N2O4/c1-2-3-25-39(28-30-17-8-5-9-18-30)37(43)34-23-13-11-21-32(34)31-20-10-12-22-33(31)36(42)38(27-24-35(40)41)26-14-19-29-15-6-4-7-16-29/h4-13,15-18,20-23H,2-3,14,19,24-28H2,1H3,(H,40,41). The van der Waals surface area contributed by atoms with Gasteiger partial charge in [0, 0.05) is 37.3 Å². The van der Waals surface area contributed by atoms with Crippen LogP contribution in [0.5, 0.6) is 0 Å². The molecule has 0 radical (unpaired) electrons. The monoisotopic (exact) mass is 576 g/mol. The van der Waals surface area contributed by atoms with Crippen LogP contribution in [0.1, 0.15) is 64.4 Å². The molecule has 6 nitrogen and oxygen atoms in total. The van der Waals surface area contributed by atoms with Gasteiger partial charge in [-0.15, -0.1) is 0 Å². The van der Waals surface area contributed by atoms with Crippen molar-refractivity contribution in [2.24, 2.45) is 0 Å². The van der Waals surface area contributed by atoms with E-state index in [1.807, 2.05) is 108 Å². The number of aryl methyl sites for hydroxylation is 1. The normalized spacial score (nSPS) is 10.7. The molecular formula is C37H40N2O4. The maximum Gasteiger partial charge on any atom is 0.305 e. The minimum Gasteiger partial charge on any atom is -0.481 e. The summed E-state index contributed by atoms with van der Waals surface area (Å²) in [5.74, 6) is -1.27. The van der Waals surface area contributed by atoms with Gasteiger partial charge in [0.25, 0.3) is 11.8 Å². The second-order valence-corrected chi connectivity index (χ2v) is 10.7. The summed E-state index contributed by atoms with van der Waals surface area (Å²) in [4.78, 5) is 43.1. The van der Waals surface area contributed by atoms with Crippen LogP contribution in [-0.4, -0.2) is 52.3 Å². The lowest BCUT2D eigenvalue weighted by molar-refractivity contribution is -0.137. The van der Waals surface area contributed by atoms with Crippen molar-refractivity contribution in [1.82, 2.24) is 9.80 Å². The van der Waals surface area contributed by atoms with Gasteiger partial charge in [-0.25, -0.2) is 0 Å². The van der Waals surface area contributed by atoms with Gasteiger partial charge in [-0.05, 0) is 53.6 Å². The van der Waals surface area contributed by atoms with Crippen LogP contribution >= 0.6 is 0 Å². The van der Waals surface area contributed by atoms with Crippen molar-refractivity contribution in [1.29, 1.82) is 0 Å². The van der Waals surface area contributed by atoms with Crippen LogP contribution in [0.25, 0.3) is 11.1 Å². The Kier molecular flexibility index (Phi) is 11.7. The molecule has 4 aromatic carbocycles. The maximum atomic E-state index is 14.1. The fourth-order valence-corrected chi connectivity index (χ4v) is 5.22. The number of amides is 2. The van der Waals surface area contributed by atoms with Crippen LogP contribution in [0, 0.1) is 0 Å². The Morgan fingerprint density at radius 3 is 1.63 bits per heavy atom. The Bertz CT molecular complexity index is 1490. The van der Waals surface area contributed by atoms with Crippen molar-refractivity contribution in [2.75, 3.05) is 19.6 Å². The maximum absolute atomic E-state index is 14.1. The van der Waals surface area contributed by atoms with E-state index in [2.05, 4.69) is 6.92 Å². The van der Waals surface area contributed by atoms with E-state index in [-0.39, 0.29) is 24.8 Å². The third-order valence-corrected chi connectivity index (χ3v) is 7.51. The minimum absolute atomic E-state index is 0.0826. The fraction of sp³-hybridized carbons (Fsp3) is 0.270. The number of aliphatic carboxylic acids is 1. The molecule has 0 heterocycles. The smallest absolute Gasteiger partial charge is 0.305 e. The molecule has 0 bridgehead atoms. The van der Waals surface area contributed by atoms with Gasteiger partial charge < -0.3 is 14.9 Å². The third kappa shape index (κ3) is 8.89. The second-order valence-electron chi connectivity index (χ2n) is 10.7. The third-order valence-electron chi connectivity index (χ3n) is 7.51. The first-order valence-electron chi connectivity index (χ1n) is 15.0. The van der Waals surface area contributed by atoms with Crippen molar-refractivity contribution >= 4 is 17.8 Å². The summed E-state index contributed by atoms with van der Waals surface area (Å²) in [5, 5.41) is 9.39. The predicted octanol–water partition coefficient (Wildman–Crippen LogP) is 7.35. The molecule has 0 aromatic heterocycles. The molecule has 0 aliphatic heterocycles. The quantitative estimate of drug-likeness (QED) is 0.161. The lowest BCUT2D eigenvalue weighted by Crippen LogP contribution is -2.34. The largest absolute Gasteiger partial charge is 0.481 e. The van der Waals surface area contributed by atoms with E-state index in [4.69, 9.17) is 0 Å². The van der Waals surface area contributed by atoms with Crippen molar-refractivity contribution in [3.05, 3.63) is 131 Å². The van der Waals surface area contributed by atoms with E-state index in [1.54, 1.807) is 11.0 Å². The Balaban J connectivity index is 1.63. The zero-order valence-corrected chi connectivity index (χ0v) is 24.8. The average Bonchev–Trinajstić information content (AvgIpc) is 3.05. The van der Waals surface area contributed by atoms with Crippen molar-refractivity contribution < 1.29 is 19.5 Å². The van der Waals surface area contributed by atoms with Gasteiger partial charge in [-0.2, -0.15) is 0 Å². The van der Waals surface area contributed by atoms with E-state index in [0.717, 1.165) is 24.8 Å². The average molecular weight is 577 g/mol. The SMILES string of the molecule is CCCCN(Cc1ccccc1)C(=O)c1ccccc1-c1ccccc1C(=O)N(CCCc1ccccc1)CCC(=O)O. The summed E-state index contributed by atoms with van der Waals surface area (Å²) in [6, 6.07) is 34.8. The number of carboxylic acid groups (broad SMARTS) is 1. The molecule has 0 aliphatic rings. The number of carboxylic acids is 1. The first kappa shape index (κ1) is 31.2. The van der Waals surface area contributed by atoms with Crippen LogP contribution in [-0.2, 0) is 17.8 Å². The Hall–Kier alpha value is -4.71. The number of carbonyl (C=O) groups is 3. The molecule has 4 rings (SSSR count). The lowest BCUT2D eigenvalue weighted by Gasteiger charge is -2.26. The molecule has 0 saturated heterocycles. The minimum atomic E-state index is -0.948. The lowest BCUT2D eigenvalue weighted by atomic mass is 9.93. The highest BCUT2D eigenvalue weighted by Crippen LogP contribution is 2.30. The molecule has 0 unspecified atom stereocenters. The first-order valence-corrected chi connectivity index (χ1v) is 15.0. The molecule has 222 valence electrons. The zero-order chi connectivity index (χ0) is 30.4. The molecule has 0 saturated carbocycles. The van der Waals surface area contributed by atoms with Gasteiger partial charge in [0.1, 0.15) is 0 Å². The molecule has 6 heteroatoms. The van der Waals surface area contributed by atoms with E-state index < -0.39 is 5.97 Å². The number of unbranched alkanes of at least 4 members (excludes halogenated alkanes) is 1. The van der Waals surface area contributed by atoms with Gasteiger partial charge in [-0.3, -0.25) is 14.4 Å². The van der Waals surface area contributed by atoms with E-state index in [9.17, 15) is 19.5 Å². The highest BCUT2D eigenvalue weighted by atomic mass is 16.4. The van der Waals surface area contributed by atoms with Crippen molar-refractivity contribution in [3.63, 3.8) is 0 Å². The number of hydrogen-bond donors (Lipinski definition) is 1.